The molecule has 0 amide bonds. The summed E-state index contributed by atoms with van der Waals surface area (Å²) < 4.78 is 69.5. The lowest BCUT2D eigenvalue weighted by molar-refractivity contribution is -0.286. The van der Waals surface area contributed by atoms with E-state index in [1.165, 1.54) is 6.08 Å². The molecular weight excluding hydrogens is 303 g/mol. The van der Waals surface area contributed by atoms with Crippen molar-refractivity contribution in [2.45, 2.75) is 18.6 Å². The van der Waals surface area contributed by atoms with Crippen LogP contribution in [0.15, 0.2) is 12.7 Å². The van der Waals surface area contributed by atoms with Crippen LogP contribution in [0, 0.1) is 29.1 Å². The topological polar surface area (TPSA) is 44.8 Å². The zero-order valence-electron chi connectivity index (χ0n) is 10.2. The van der Waals surface area contributed by atoms with Crippen LogP contribution in [0.25, 0.3) is 0 Å². The molecule has 0 spiro atoms. The van der Waals surface area contributed by atoms with Gasteiger partial charge in [0, 0.05) is 6.42 Å². The third kappa shape index (κ3) is 2.74. The zero-order valence-corrected chi connectivity index (χ0v) is 10.2. The molecule has 21 heavy (non-hydrogen) atoms. The zero-order chi connectivity index (χ0) is 15.7. The van der Waals surface area contributed by atoms with Gasteiger partial charge in [-0.2, -0.15) is 8.78 Å². The van der Waals surface area contributed by atoms with Crippen molar-refractivity contribution in [1.29, 1.82) is 0 Å². The van der Waals surface area contributed by atoms with Crippen LogP contribution in [0.4, 0.5) is 22.0 Å². The molecular formula is C12H7F5O4. The molecule has 0 bridgehead atoms. The van der Waals surface area contributed by atoms with Crippen LogP contribution in [0.2, 0.25) is 0 Å². The molecule has 1 aromatic rings. The maximum atomic E-state index is 13.3. The normalized spacial score (nSPS) is 21.4. The lowest BCUT2D eigenvalue weighted by Crippen LogP contribution is -2.26. The Morgan fingerprint density at radius 1 is 1.05 bits per heavy atom. The molecule has 1 saturated heterocycles. The monoisotopic (exact) mass is 310 g/mol. The predicted molar refractivity (Wildman–Crippen MR) is 56.4 cm³/mol. The van der Waals surface area contributed by atoms with Gasteiger partial charge in [-0.3, -0.25) is 0 Å². The van der Waals surface area contributed by atoms with Gasteiger partial charge in [0.15, 0.2) is 6.10 Å². The van der Waals surface area contributed by atoms with Crippen molar-refractivity contribution in [3.8, 4) is 5.75 Å². The first kappa shape index (κ1) is 15.4. The largest absolute Gasteiger partial charge is 0.418 e. The number of hydrogen-bond donors (Lipinski definition) is 0. The molecule has 0 N–H and O–H groups in total. The number of esters is 1. The molecule has 1 aliphatic rings. The number of carbonyl (C=O) groups is 1. The van der Waals surface area contributed by atoms with Gasteiger partial charge in [-0.05, 0) is 0 Å². The van der Waals surface area contributed by atoms with Crippen molar-refractivity contribution in [3.05, 3.63) is 41.7 Å². The molecule has 1 heterocycles. The molecule has 4 nitrogen and oxygen atoms in total. The SMILES string of the molecule is C=C[C@@H]1C[C@@H](C(=O)Oc2c(F)c(F)c(F)c(F)c2F)OO1. The van der Waals surface area contributed by atoms with Crippen LogP contribution in [-0.2, 0) is 14.6 Å². The highest BCUT2D eigenvalue weighted by Crippen LogP contribution is 2.30. The van der Waals surface area contributed by atoms with Crippen LogP contribution in [-0.4, -0.2) is 18.2 Å². The van der Waals surface area contributed by atoms with E-state index in [9.17, 15) is 26.7 Å². The van der Waals surface area contributed by atoms with Gasteiger partial charge in [0.05, 0.1) is 0 Å². The highest BCUT2D eigenvalue weighted by Gasteiger charge is 2.36. The van der Waals surface area contributed by atoms with Gasteiger partial charge in [-0.15, -0.1) is 6.58 Å². The van der Waals surface area contributed by atoms with Crippen molar-refractivity contribution in [2.75, 3.05) is 0 Å². The Hall–Kier alpha value is -2.00. The van der Waals surface area contributed by atoms with E-state index in [1.807, 2.05) is 0 Å². The van der Waals surface area contributed by atoms with E-state index in [0.717, 1.165) is 0 Å². The lowest BCUT2D eigenvalue weighted by Gasteiger charge is -2.10. The quantitative estimate of drug-likeness (QED) is 0.164. The summed E-state index contributed by atoms with van der Waals surface area (Å²) in [5.74, 6) is -14.3. The summed E-state index contributed by atoms with van der Waals surface area (Å²) in [6.07, 6.45) is -0.800. The average molecular weight is 310 g/mol. The van der Waals surface area contributed by atoms with Gasteiger partial charge in [-0.1, -0.05) is 6.08 Å². The molecule has 0 aliphatic carbocycles. The molecule has 2 rings (SSSR count). The van der Waals surface area contributed by atoms with Crippen molar-refractivity contribution in [3.63, 3.8) is 0 Å². The van der Waals surface area contributed by atoms with E-state index in [-0.39, 0.29) is 6.42 Å². The van der Waals surface area contributed by atoms with E-state index in [0.29, 0.717) is 0 Å². The Kier molecular flexibility index (Phi) is 4.24. The highest BCUT2D eigenvalue weighted by molar-refractivity contribution is 5.77. The first-order valence-corrected chi connectivity index (χ1v) is 5.54. The van der Waals surface area contributed by atoms with Crippen LogP contribution in [0.1, 0.15) is 6.42 Å². The molecule has 114 valence electrons. The Balaban J connectivity index is 2.24. The van der Waals surface area contributed by atoms with Crippen LogP contribution in [0.5, 0.6) is 5.75 Å². The van der Waals surface area contributed by atoms with Gasteiger partial charge in [-0.25, -0.2) is 27.7 Å². The average Bonchev–Trinajstić information content (AvgIpc) is 2.96. The van der Waals surface area contributed by atoms with Gasteiger partial charge >= 0.3 is 5.97 Å². The van der Waals surface area contributed by atoms with E-state index >= 15 is 0 Å². The molecule has 9 heteroatoms. The maximum absolute atomic E-state index is 13.3. The van der Waals surface area contributed by atoms with Crippen LogP contribution in [0.3, 0.4) is 0 Å². The van der Waals surface area contributed by atoms with Crippen LogP contribution < -0.4 is 4.74 Å². The third-order valence-corrected chi connectivity index (χ3v) is 2.64. The second kappa shape index (κ2) is 5.78. The Bertz CT molecular complexity index is 575. The number of carbonyl (C=O) groups excluding carboxylic acids is 1. The fraction of sp³-hybridized carbons (Fsp3) is 0.250. The van der Waals surface area contributed by atoms with Gasteiger partial charge in [0.1, 0.15) is 6.10 Å². The summed E-state index contributed by atoms with van der Waals surface area (Å²) in [6, 6.07) is 0. The summed E-state index contributed by atoms with van der Waals surface area (Å²) in [5.41, 5.74) is 0. The minimum absolute atomic E-state index is 0.0717. The molecule has 1 aliphatic heterocycles. The summed E-state index contributed by atoms with van der Waals surface area (Å²) in [6.45, 7) is 3.36. The molecule has 0 aromatic heterocycles. The van der Waals surface area contributed by atoms with E-state index in [1.54, 1.807) is 0 Å². The second-order valence-corrected chi connectivity index (χ2v) is 4.01. The molecule has 1 aromatic carbocycles. The summed E-state index contributed by atoms with van der Waals surface area (Å²) in [4.78, 5) is 20.6. The summed E-state index contributed by atoms with van der Waals surface area (Å²) >= 11 is 0. The molecule has 0 radical (unpaired) electrons. The smallest absolute Gasteiger partial charge is 0.344 e. The van der Waals surface area contributed by atoms with Crippen molar-refractivity contribution >= 4 is 5.97 Å². The number of ether oxygens (including phenoxy) is 1. The summed E-state index contributed by atoms with van der Waals surface area (Å²) in [7, 11) is 0. The maximum Gasteiger partial charge on any atom is 0.344 e. The standard InChI is InChI=1S/C12H7F5O4/c1-2-4-3-5(21-20-4)12(18)19-11-9(16)7(14)6(13)8(15)10(11)17/h2,4-5H,1,3H2/t4-,5+/m1/s1. The fourth-order valence-electron chi connectivity index (χ4n) is 1.54. The third-order valence-electron chi connectivity index (χ3n) is 2.64. The molecule has 2 atom stereocenters. The Labute approximate surface area is 114 Å². The van der Waals surface area contributed by atoms with E-state index < -0.39 is 53.0 Å². The van der Waals surface area contributed by atoms with Gasteiger partial charge in [0.25, 0.3) is 0 Å². The highest BCUT2D eigenvalue weighted by atomic mass is 19.2. The van der Waals surface area contributed by atoms with Gasteiger partial charge < -0.3 is 4.74 Å². The number of halogens is 5. The van der Waals surface area contributed by atoms with E-state index in [4.69, 9.17) is 0 Å². The van der Waals surface area contributed by atoms with Crippen molar-refractivity contribution in [1.82, 2.24) is 0 Å². The Morgan fingerprint density at radius 2 is 1.57 bits per heavy atom. The first-order valence-electron chi connectivity index (χ1n) is 5.54. The minimum Gasteiger partial charge on any atom is -0.418 e. The second-order valence-electron chi connectivity index (χ2n) is 4.01. The molecule has 0 saturated carbocycles. The number of rotatable bonds is 3. The van der Waals surface area contributed by atoms with Crippen molar-refractivity contribution < 1.29 is 41.3 Å². The fourth-order valence-corrected chi connectivity index (χ4v) is 1.54. The van der Waals surface area contributed by atoms with Crippen molar-refractivity contribution in [2.24, 2.45) is 0 Å². The molecule has 1 fully saturated rings. The Morgan fingerprint density at radius 3 is 2.05 bits per heavy atom. The predicted octanol–water partition coefficient (Wildman–Crippen LogP) is 2.56. The molecule has 0 unspecified atom stereocenters. The van der Waals surface area contributed by atoms with Crippen LogP contribution >= 0.6 is 0 Å². The van der Waals surface area contributed by atoms with E-state index in [2.05, 4.69) is 21.1 Å². The number of hydrogen-bond acceptors (Lipinski definition) is 4. The summed E-state index contributed by atoms with van der Waals surface area (Å²) in [5, 5.41) is 0. The van der Waals surface area contributed by atoms with Gasteiger partial charge in [0.2, 0.25) is 34.8 Å². The lowest BCUT2D eigenvalue weighted by atomic mass is 10.2. The first-order chi connectivity index (χ1) is 9.86. The number of benzene rings is 1. The minimum atomic E-state index is -2.35.